The predicted molar refractivity (Wildman–Crippen MR) is 69.7 cm³/mol. The van der Waals surface area contributed by atoms with Crippen molar-refractivity contribution < 1.29 is 0 Å². The van der Waals surface area contributed by atoms with Crippen molar-refractivity contribution in [2.45, 2.75) is 44.9 Å². The summed E-state index contributed by atoms with van der Waals surface area (Å²) in [5.74, 6) is 9.48. The Bertz CT molecular complexity index is 514. The van der Waals surface area contributed by atoms with Gasteiger partial charge in [0.25, 0.3) is 0 Å². The molecule has 0 heteroatoms. The van der Waals surface area contributed by atoms with E-state index in [4.69, 9.17) is 0 Å². The molecule has 94 valence electrons. The molecular formula is C18H22. The van der Waals surface area contributed by atoms with Crippen molar-refractivity contribution in [3.63, 3.8) is 0 Å². The fourth-order valence-electron chi connectivity index (χ4n) is 8.84. The Morgan fingerprint density at radius 2 is 1.67 bits per heavy atom. The summed E-state index contributed by atoms with van der Waals surface area (Å²) < 4.78 is 0. The molecular weight excluding hydrogens is 216 g/mol. The molecule has 0 aromatic heterocycles. The molecule has 9 atom stereocenters. The number of allylic oxidation sites excluding steroid dienone is 2. The second-order valence-electron chi connectivity index (χ2n) is 8.83. The van der Waals surface area contributed by atoms with Crippen LogP contribution in [0.2, 0.25) is 0 Å². The highest BCUT2D eigenvalue weighted by molar-refractivity contribution is 5.49. The van der Waals surface area contributed by atoms with Crippen LogP contribution in [0.5, 0.6) is 0 Å². The molecule has 0 aromatic carbocycles. The minimum Gasteiger partial charge on any atom is -0.0661 e. The van der Waals surface area contributed by atoms with E-state index in [0.717, 1.165) is 23.2 Å². The van der Waals surface area contributed by atoms with Crippen molar-refractivity contribution in [1.82, 2.24) is 0 Å². The number of hydrogen-bond acceptors (Lipinski definition) is 0. The molecule has 0 aliphatic heterocycles. The maximum Gasteiger partial charge on any atom is -0.0132 e. The fourth-order valence-corrected chi connectivity index (χ4v) is 8.84. The van der Waals surface area contributed by atoms with Crippen molar-refractivity contribution in [3.8, 4) is 0 Å². The molecule has 0 aromatic rings. The lowest BCUT2D eigenvalue weighted by atomic mass is 9.74. The average molecular weight is 238 g/mol. The molecule has 0 amide bonds. The van der Waals surface area contributed by atoms with Crippen molar-refractivity contribution in [1.29, 1.82) is 0 Å². The Morgan fingerprint density at radius 1 is 0.889 bits per heavy atom. The highest BCUT2D eigenvalue weighted by Gasteiger charge is 2.87. The summed E-state index contributed by atoms with van der Waals surface area (Å²) in [6, 6.07) is 0. The molecule has 7 aliphatic carbocycles. The highest BCUT2D eigenvalue weighted by atomic mass is 14.9. The summed E-state index contributed by atoms with van der Waals surface area (Å²) in [6.07, 6.45) is 11.2. The van der Waals surface area contributed by atoms with Gasteiger partial charge in [0.1, 0.15) is 0 Å². The first-order valence-electron chi connectivity index (χ1n) is 8.64. The Morgan fingerprint density at radius 3 is 2.39 bits per heavy atom. The zero-order valence-electron chi connectivity index (χ0n) is 11.1. The van der Waals surface area contributed by atoms with Crippen LogP contribution >= 0.6 is 0 Å². The van der Waals surface area contributed by atoms with Crippen LogP contribution in [0.25, 0.3) is 0 Å². The minimum absolute atomic E-state index is 0.943. The van der Waals surface area contributed by atoms with Gasteiger partial charge in [0.05, 0.1) is 0 Å². The van der Waals surface area contributed by atoms with Gasteiger partial charge in [0.2, 0.25) is 0 Å². The largest absolute Gasteiger partial charge is 0.0661 e. The molecule has 7 unspecified atom stereocenters. The monoisotopic (exact) mass is 238 g/mol. The molecule has 0 radical (unpaired) electrons. The van der Waals surface area contributed by atoms with Crippen molar-refractivity contribution >= 4 is 0 Å². The number of fused-ring (bicyclic) bond motifs is 2. The van der Waals surface area contributed by atoms with E-state index in [2.05, 4.69) is 11.1 Å². The van der Waals surface area contributed by atoms with Crippen LogP contribution in [0.1, 0.15) is 44.9 Å². The van der Waals surface area contributed by atoms with Crippen molar-refractivity contribution in [2.75, 3.05) is 0 Å². The first-order valence-corrected chi connectivity index (χ1v) is 8.64. The Labute approximate surface area is 109 Å². The van der Waals surface area contributed by atoms with E-state index in [1.165, 1.54) is 42.4 Å². The zero-order valence-corrected chi connectivity index (χ0v) is 11.1. The third-order valence-electron chi connectivity index (χ3n) is 9.01. The summed E-state index contributed by atoms with van der Waals surface area (Å²) in [5.41, 5.74) is 5.11. The average Bonchev–Trinajstić information content (AvgIpc) is 3.05. The summed E-state index contributed by atoms with van der Waals surface area (Å²) in [4.78, 5) is 0. The van der Waals surface area contributed by atoms with Crippen LogP contribution in [-0.2, 0) is 0 Å². The molecule has 0 heterocycles. The Hall–Kier alpha value is -0.260. The molecule has 2 bridgehead atoms. The lowest BCUT2D eigenvalue weighted by Gasteiger charge is -2.29. The van der Waals surface area contributed by atoms with Gasteiger partial charge in [-0.3, -0.25) is 0 Å². The fraction of sp³-hybridized carbons (Fsp3) is 0.889. The lowest BCUT2D eigenvalue weighted by molar-refractivity contribution is 0.190. The second kappa shape index (κ2) is 2.27. The van der Waals surface area contributed by atoms with Gasteiger partial charge >= 0.3 is 0 Å². The van der Waals surface area contributed by atoms with Gasteiger partial charge in [0.15, 0.2) is 0 Å². The molecule has 1 spiro atoms. The Kier molecular flexibility index (Phi) is 1.11. The first kappa shape index (κ1) is 8.82. The lowest BCUT2D eigenvalue weighted by Crippen LogP contribution is -2.25. The maximum absolute atomic E-state index is 2.10. The molecule has 7 saturated carbocycles. The summed E-state index contributed by atoms with van der Waals surface area (Å²) in [7, 11) is 0. The van der Waals surface area contributed by atoms with Gasteiger partial charge in [-0.15, -0.1) is 0 Å². The molecule has 0 saturated heterocycles. The van der Waals surface area contributed by atoms with E-state index in [0.29, 0.717) is 0 Å². The SMILES string of the molecule is C1CC[C@H]2C(=C3CC45C6CC7C(CC4C75)C36)[C@@H]2C1. The highest BCUT2D eigenvalue weighted by Crippen LogP contribution is 2.93. The van der Waals surface area contributed by atoms with Crippen LogP contribution in [0.3, 0.4) is 0 Å². The quantitative estimate of drug-likeness (QED) is 0.559. The first-order chi connectivity index (χ1) is 8.91. The minimum atomic E-state index is 0.943. The molecule has 7 aliphatic rings. The van der Waals surface area contributed by atoms with Gasteiger partial charge in [0, 0.05) is 0 Å². The summed E-state index contributed by atoms with van der Waals surface area (Å²) in [6.45, 7) is 0. The third kappa shape index (κ3) is 0.629. The van der Waals surface area contributed by atoms with Gasteiger partial charge in [-0.2, -0.15) is 0 Å². The van der Waals surface area contributed by atoms with E-state index in [9.17, 15) is 0 Å². The number of hydrogen-bond donors (Lipinski definition) is 0. The molecule has 0 nitrogen and oxygen atoms in total. The van der Waals surface area contributed by atoms with Crippen molar-refractivity contribution in [2.24, 2.45) is 52.8 Å². The molecule has 18 heavy (non-hydrogen) atoms. The standard InChI is InChI=1S/C18H22/c1-2-4-9-8(3-1)15(9)12-7-18-13-6-11-10(16(12)13)5-14(18)17(11)18/h8-11,13-14,16-17H,1-7H2/t8-,9-,10?,11?,13?,14?,16?,17?,18?/m1/s1. The molecule has 7 fully saturated rings. The Balaban J connectivity index is 1.42. The van der Waals surface area contributed by atoms with E-state index < -0.39 is 0 Å². The van der Waals surface area contributed by atoms with E-state index in [1.54, 1.807) is 32.1 Å². The van der Waals surface area contributed by atoms with Gasteiger partial charge in [-0.25, -0.2) is 0 Å². The van der Waals surface area contributed by atoms with E-state index in [1.807, 2.05) is 0 Å². The van der Waals surface area contributed by atoms with Crippen LogP contribution in [0, 0.1) is 52.8 Å². The van der Waals surface area contributed by atoms with Crippen LogP contribution in [0.15, 0.2) is 11.1 Å². The van der Waals surface area contributed by atoms with Crippen LogP contribution in [0.4, 0.5) is 0 Å². The van der Waals surface area contributed by atoms with Gasteiger partial charge < -0.3 is 0 Å². The molecule has 0 N–H and O–H groups in total. The predicted octanol–water partition coefficient (Wildman–Crippen LogP) is 4.02. The van der Waals surface area contributed by atoms with Crippen LogP contribution < -0.4 is 0 Å². The van der Waals surface area contributed by atoms with E-state index >= 15 is 0 Å². The topological polar surface area (TPSA) is 0 Å². The normalized spacial score (nSPS) is 72.0. The smallest absolute Gasteiger partial charge is 0.0132 e. The maximum atomic E-state index is 2.10. The second-order valence-corrected chi connectivity index (χ2v) is 8.83. The van der Waals surface area contributed by atoms with Gasteiger partial charge in [-0.05, 0) is 84.9 Å². The zero-order chi connectivity index (χ0) is 11.2. The van der Waals surface area contributed by atoms with Crippen LogP contribution in [-0.4, -0.2) is 0 Å². The summed E-state index contributed by atoms with van der Waals surface area (Å²) >= 11 is 0. The van der Waals surface area contributed by atoms with Gasteiger partial charge in [-0.1, -0.05) is 24.0 Å². The van der Waals surface area contributed by atoms with E-state index in [-0.39, 0.29) is 0 Å². The molecule has 7 rings (SSSR count). The van der Waals surface area contributed by atoms with Crippen molar-refractivity contribution in [3.05, 3.63) is 11.1 Å². The third-order valence-corrected chi connectivity index (χ3v) is 9.01. The summed E-state index contributed by atoms with van der Waals surface area (Å²) in [5, 5.41) is 0. The number of rotatable bonds is 0.